The average molecular weight is 326 g/mol. The van der Waals surface area contributed by atoms with E-state index in [0.717, 1.165) is 5.56 Å². The van der Waals surface area contributed by atoms with Crippen LogP contribution in [-0.4, -0.2) is 27.6 Å². The Hall–Kier alpha value is -3.42. The first kappa shape index (κ1) is 15.5. The van der Waals surface area contributed by atoms with Gasteiger partial charge in [0.25, 0.3) is 11.6 Å². The molecule has 0 aliphatic carbocycles. The molecule has 0 fully saturated rings. The molecule has 1 heterocycles. The topological polar surface area (TPSA) is 110 Å². The molecule has 1 aromatic heterocycles. The van der Waals surface area contributed by atoms with E-state index in [-0.39, 0.29) is 18.1 Å². The highest BCUT2D eigenvalue weighted by atomic mass is 16.6. The fraction of sp³-hybridized carbons (Fsp3) is 0.125. The second-order valence-electron chi connectivity index (χ2n) is 5.21. The summed E-state index contributed by atoms with van der Waals surface area (Å²) >= 11 is 0. The van der Waals surface area contributed by atoms with Gasteiger partial charge in [0.15, 0.2) is 12.4 Å². The molecule has 0 saturated heterocycles. The lowest BCUT2D eigenvalue weighted by atomic mass is 10.2. The van der Waals surface area contributed by atoms with Crippen LogP contribution in [0.5, 0.6) is 5.75 Å². The number of nitro benzene ring substituents is 1. The highest BCUT2D eigenvalue weighted by molar-refractivity contribution is 6.00. The summed E-state index contributed by atoms with van der Waals surface area (Å²) in [7, 11) is 0. The summed E-state index contributed by atoms with van der Waals surface area (Å²) in [5, 5.41) is 20.6. The zero-order valence-electron chi connectivity index (χ0n) is 12.8. The number of carbonyl (C=O) groups is 1. The maximum atomic E-state index is 12.0. The zero-order valence-corrected chi connectivity index (χ0v) is 12.8. The fourth-order valence-electron chi connectivity index (χ4n) is 2.16. The van der Waals surface area contributed by atoms with E-state index in [4.69, 9.17) is 4.74 Å². The van der Waals surface area contributed by atoms with Gasteiger partial charge in [-0.05, 0) is 25.1 Å². The number of nitrogens with zero attached hydrogens (tertiary/aromatic N) is 2. The first-order valence-electron chi connectivity index (χ1n) is 7.15. The number of nitro groups is 1. The van der Waals surface area contributed by atoms with Crippen LogP contribution in [0.25, 0.3) is 10.9 Å². The van der Waals surface area contributed by atoms with Crippen molar-refractivity contribution >= 4 is 28.3 Å². The first-order chi connectivity index (χ1) is 11.5. The molecule has 0 radical (unpaired) electrons. The molecule has 0 bridgehead atoms. The Kier molecular flexibility index (Phi) is 4.11. The summed E-state index contributed by atoms with van der Waals surface area (Å²) < 4.78 is 5.39. The summed E-state index contributed by atoms with van der Waals surface area (Å²) in [6.45, 7) is 1.77. The van der Waals surface area contributed by atoms with E-state index in [1.807, 2.05) is 19.1 Å². The van der Waals surface area contributed by atoms with Crippen LogP contribution < -0.4 is 10.1 Å². The number of benzene rings is 2. The van der Waals surface area contributed by atoms with Crippen molar-refractivity contribution < 1.29 is 14.5 Å². The van der Waals surface area contributed by atoms with E-state index in [2.05, 4.69) is 15.5 Å². The molecule has 0 aliphatic heterocycles. The number of rotatable bonds is 5. The molecular weight excluding hydrogens is 312 g/mol. The third kappa shape index (κ3) is 3.32. The molecule has 0 atom stereocenters. The number of hydrogen-bond donors (Lipinski definition) is 2. The van der Waals surface area contributed by atoms with E-state index in [0.29, 0.717) is 16.7 Å². The first-order valence-corrected chi connectivity index (χ1v) is 7.15. The van der Waals surface area contributed by atoms with Crippen LogP contribution in [0.4, 0.5) is 11.5 Å². The van der Waals surface area contributed by atoms with E-state index < -0.39 is 10.8 Å². The highest BCUT2D eigenvalue weighted by Gasteiger charge is 2.14. The number of aromatic nitrogens is 2. The van der Waals surface area contributed by atoms with Crippen LogP contribution in [0.2, 0.25) is 0 Å². The Morgan fingerprint density at radius 2 is 2.04 bits per heavy atom. The standard InChI is InChI=1S/C16H14N4O4/c1-10-2-5-12(6-3-10)24-9-15(21)17-16-13-8-11(20(22)23)4-7-14(13)18-19-16/h2-8H,9H2,1H3,(H2,17,18,19,21). The molecule has 122 valence electrons. The molecule has 0 aliphatic rings. The second-order valence-corrected chi connectivity index (χ2v) is 5.21. The zero-order chi connectivity index (χ0) is 17.1. The molecule has 8 heteroatoms. The number of carbonyl (C=O) groups excluding carboxylic acids is 1. The van der Waals surface area contributed by atoms with Crippen LogP contribution in [0.3, 0.4) is 0 Å². The third-order valence-electron chi connectivity index (χ3n) is 3.41. The van der Waals surface area contributed by atoms with E-state index in [1.54, 1.807) is 18.2 Å². The predicted molar refractivity (Wildman–Crippen MR) is 88.1 cm³/mol. The maximum Gasteiger partial charge on any atom is 0.270 e. The average Bonchev–Trinajstić information content (AvgIpc) is 2.96. The van der Waals surface area contributed by atoms with Crippen LogP contribution in [-0.2, 0) is 4.79 Å². The van der Waals surface area contributed by atoms with Crippen molar-refractivity contribution in [1.29, 1.82) is 0 Å². The number of nitrogens with one attached hydrogen (secondary N) is 2. The molecule has 0 unspecified atom stereocenters. The van der Waals surface area contributed by atoms with Gasteiger partial charge in [-0.1, -0.05) is 17.7 Å². The number of anilines is 1. The van der Waals surface area contributed by atoms with Crippen LogP contribution >= 0.6 is 0 Å². The molecule has 3 aromatic rings. The van der Waals surface area contributed by atoms with Gasteiger partial charge in [0, 0.05) is 12.1 Å². The molecular formula is C16H14N4O4. The number of amides is 1. The van der Waals surface area contributed by atoms with Gasteiger partial charge >= 0.3 is 0 Å². The van der Waals surface area contributed by atoms with Gasteiger partial charge < -0.3 is 10.1 Å². The maximum absolute atomic E-state index is 12.0. The van der Waals surface area contributed by atoms with Gasteiger partial charge in [-0.15, -0.1) is 0 Å². The number of aromatic amines is 1. The Bertz CT molecular complexity index is 902. The van der Waals surface area contributed by atoms with Gasteiger partial charge in [0.1, 0.15) is 5.75 Å². The normalized spacial score (nSPS) is 10.5. The van der Waals surface area contributed by atoms with E-state index >= 15 is 0 Å². The number of ether oxygens (including phenoxy) is 1. The smallest absolute Gasteiger partial charge is 0.270 e. The van der Waals surface area contributed by atoms with Crippen LogP contribution in [0, 0.1) is 17.0 Å². The van der Waals surface area contributed by atoms with Crippen molar-refractivity contribution in [3.63, 3.8) is 0 Å². The largest absolute Gasteiger partial charge is 0.484 e. The monoisotopic (exact) mass is 326 g/mol. The van der Waals surface area contributed by atoms with Gasteiger partial charge in [0.05, 0.1) is 15.8 Å². The SMILES string of the molecule is Cc1ccc(OCC(=O)Nc2n[nH]c3ccc([N+](=O)[O-])cc23)cc1. The molecule has 8 nitrogen and oxygen atoms in total. The van der Waals surface area contributed by atoms with E-state index in [1.165, 1.54) is 12.1 Å². The Morgan fingerprint density at radius 1 is 1.29 bits per heavy atom. The summed E-state index contributed by atoms with van der Waals surface area (Å²) in [5.74, 6) is 0.403. The number of hydrogen-bond acceptors (Lipinski definition) is 5. The van der Waals surface area contributed by atoms with Crippen LogP contribution in [0.15, 0.2) is 42.5 Å². The van der Waals surface area contributed by atoms with Gasteiger partial charge in [0.2, 0.25) is 0 Å². The van der Waals surface area contributed by atoms with Crippen LogP contribution in [0.1, 0.15) is 5.56 Å². The molecule has 2 aromatic carbocycles. The lowest BCUT2D eigenvalue weighted by molar-refractivity contribution is -0.384. The third-order valence-corrected chi connectivity index (χ3v) is 3.41. The van der Waals surface area contributed by atoms with Crippen molar-refractivity contribution in [2.24, 2.45) is 0 Å². The number of H-pyrrole nitrogens is 1. The fourth-order valence-corrected chi connectivity index (χ4v) is 2.16. The Morgan fingerprint density at radius 3 is 2.75 bits per heavy atom. The number of non-ortho nitro benzene ring substituents is 1. The minimum atomic E-state index is -0.501. The molecule has 3 rings (SSSR count). The van der Waals surface area contributed by atoms with Gasteiger partial charge in [-0.25, -0.2) is 0 Å². The molecule has 2 N–H and O–H groups in total. The number of fused-ring (bicyclic) bond motifs is 1. The summed E-state index contributed by atoms with van der Waals surface area (Å²) in [6, 6.07) is 11.6. The predicted octanol–water partition coefficient (Wildman–Crippen LogP) is 2.80. The molecule has 0 spiro atoms. The van der Waals surface area contributed by atoms with E-state index in [9.17, 15) is 14.9 Å². The molecule has 0 saturated carbocycles. The lowest BCUT2D eigenvalue weighted by Gasteiger charge is -2.06. The van der Waals surface area contributed by atoms with Crippen molar-refractivity contribution in [2.75, 3.05) is 11.9 Å². The minimum Gasteiger partial charge on any atom is -0.484 e. The lowest BCUT2D eigenvalue weighted by Crippen LogP contribution is -2.20. The van der Waals surface area contributed by atoms with Gasteiger partial charge in [-0.3, -0.25) is 20.0 Å². The quantitative estimate of drug-likeness (QED) is 0.553. The molecule has 24 heavy (non-hydrogen) atoms. The summed E-state index contributed by atoms with van der Waals surface area (Å²) in [6.07, 6.45) is 0. The van der Waals surface area contributed by atoms with Crippen molar-refractivity contribution in [3.05, 3.63) is 58.1 Å². The Labute approximate surface area is 136 Å². The molecule has 1 amide bonds. The minimum absolute atomic E-state index is 0.0738. The van der Waals surface area contributed by atoms with Crippen molar-refractivity contribution in [1.82, 2.24) is 10.2 Å². The van der Waals surface area contributed by atoms with Crippen molar-refractivity contribution in [2.45, 2.75) is 6.92 Å². The summed E-state index contributed by atoms with van der Waals surface area (Å²) in [4.78, 5) is 22.3. The van der Waals surface area contributed by atoms with Crippen molar-refractivity contribution in [3.8, 4) is 5.75 Å². The highest BCUT2D eigenvalue weighted by Crippen LogP contribution is 2.25. The summed E-state index contributed by atoms with van der Waals surface area (Å²) in [5.41, 5.74) is 1.61. The Balaban J connectivity index is 1.69. The number of aryl methyl sites for hydroxylation is 1. The second kappa shape index (κ2) is 6.37. The van der Waals surface area contributed by atoms with Gasteiger partial charge in [-0.2, -0.15) is 5.10 Å².